The molecule has 1 heteroatoms. The molecule has 0 heterocycles. The average molecular weight is 284 g/mol. The van der Waals surface area contributed by atoms with Gasteiger partial charge in [0.1, 0.15) is 0 Å². The Morgan fingerprint density at radius 3 is 2.62 bits per heavy atom. The first-order chi connectivity index (χ1) is 9.92. The van der Waals surface area contributed by atoms with Gasteiger partial charge in [-0.2, -0.15) is 0 Å². The highest BCUT2D eigenvalue weighted by Gasteiger charge is 2.51. The summed E-state index contributed by atoms with van der Waals surface area (Å²) in [5.41, 5.74) is 5.92. The summed E-state index contributed by atoms with van der Waals surface area (Å²) in [6.45, 7) is 7.36. The van der Waals surface area contributed by atoms with Gasteiger partial charge in [0.05, 0.1) is 0 Å². The Bertz CT molecular complexity index is 562. The van der Waals surface area contributed by atoms with Crippen molar-refractivity contribution in [1.29, 1.82) is 0 Å². The van der Waals surface area contributed by atoms with Gasteiger partial charge in [0, 0.05) is 6.42 Å². The fourth-order valence-corrected chi connectivity index (χ4v) is 6.04. The van der Waals surface area contributed by atoms with Gasteiger partial charge in [0.2, 0.25) is 0 Å². The van der Waals surface area contributed by atoms with Gasteiger partial charge in [-0.05, 0) is 73.7 Å². The van der Waals surface area contributed by atoms with E-state index < -0.39 is 0 Å². The molecule has 1 fully saturated rings. The molecule has 0 aromatic heterocycles. The quantitative estimate of drug-likeness (QED) is 0.557. The fraction of sp³-hybridized carbons (Fsp3) is 0.750. The second-order valence-corrected chi connectivity index (χ2v) is 8.73. The van der Waals surface area contributed by atoms with Crippen LogP contribution in [-0.4, -0.2) is 5.78 Å². The molecule has 0 aliphatic heterocycles. The molecule has 0 N–H and O–H groups in total. The zero-order valence-electron chi connectivity index (χ0n) is 13.8. The van der Waals surface area contributed by atoms with Gasteiger partial charge in [0.25, 0.3) is 0 Å². The maximum atomic E-state index is 11.8. The molecule has 0 radical (unpaired) electrons. The Kier molecular flexibility index (Phi) is 2.85. The largest absolute Gasteiger partial charge is 0.295 e. The zero-order chi connectivity index (χ0) is 14.8. The van der Waals surface area contributed by atoms with E-state index in [0.717, 1.165) is 24.7 Å². The second kappa shape index (κ2) is 4.33. The van der Waals surface area contributed by atoms with Gasteiger partial charge >= 0.3 is 0 Å². The van der Waals surface area contributed by atoms with Crippen LogP contribution in [-0.2, 0) is 4.79 Å². The van der Waals surface area contributed by atoms with Crippen LogP contribution in [0.3, 0.4) is 0 Å². The number of ketones is 1. The SMILES string of the molecule is CC1(C)CCC2=C1CC[C@@H]1[C@@H]2CCC2=CC(=O)CC[C@@]21C. The van der Waals surface area contributed by atoms with Crippen molar-refractivity contribution in [2.75, 3.05) is 0 Å². The molecule has 0 aromatic carbocycles. The highest BCUT2D eigenvalue weighted by Crippen LogP contribution is 2.62. The van der Waals surface area contributed by atoms with Crippen LogP contribution in [0.4, 0.5) is 0 Å². The molecule has 1 nitrogen and oxygen atoms in total. The number of hydrogen-bond donors (Lipinski definition) is 0. The van der Waals surface area contributed by atoms with Crippen molar-refractivity contribution >= 4 is 5.78 Å². The van der Waals surface area contributed by atoms with E-state index in [4.69, 9.17) is 0 Å². The molecule has 0 spiro atoms. The summed E-state index contributed by atoms with van der Waals surface area (Å²) in [4.78, 5) is 11.8. The predicted octanol–water partition coefficient (Wildman–Crippen LogP) is 5.22. The van der Waals surface area contributed by atoms with Gasteiger partial charge in [-0.15, -0.1) is 0 Å². The molecule has 3 atom stereocenters. The molecular weight excluding hydrogens is 256 g/mol. The number of allylic oxidation sites excluding steroid dienone is 4. The summed E-state index contributed by atoms with van der Waals surface area (Å²) in [5, 5.41) is 0. The smallest absolute Gasteiger partial charge is 0.155 e. The van der Waals surface area contributed by atoms with Crippen molar-refractivity contribution in [3.8, 4) is 0 Å². The Morgan fingerprint density at radius 2 is 1.81 bits per heavy atom. The average Bonchev–Trinajstić information content (AvgIpc) is 2.76. The van der Waals surface area contributed by atoms with E-state index in [0.29, 0.717) is 16.6 Å². The van der Waals surface area contributed by atoms with Crippen molar-refractivity contribution in [3.63, 3.8) is 0 Å². The Hall–Kier alpha value is -0.850. The van der Waals surface area contributed by atoms with Crippen molar-refractivity contribution in [3.05, 3.63) is 22.8 Å². The van der Waals surface area contributed by atoms with Crippen LogP contribution in [0.25, 0.3) is 0 Å². The minimum atomic E-state index is 0.322. The van der Waals surface area contributed by atoms with Crippen LogP contribution in [0.2, 0.25) is 0 Å². The van der Waals surface area contributed by atoms with Crippen molar-refractivity contribution in [2.24, 2.45) is 22.7 Å². The van der Waals surface area contributed by atoms with E-state index in [-0.39, 0.29) is 0 Å². The van der Waals surface area contributed by atoms with Crippen LogP contribution in [0.5, 0.6) is 0 Å². The van der Waals surface area contributed by atoms with E-state index in [1.807, 2.05) is 17.2 Å². The topological polar surface area (TPSA) is 17.1 Å². The molecule has 0 amide bonds. The maximum absolute atomic E-state index is 11.8. The van der Waals surface area contributed by atoms with Gasteiger partial charge in [0.15, 0.2) is 5.78 Å². The lowest BCUT2D eigenvalue weighted by Gasteiger charge is -2.52. The van der Waals surface area contributed by atoms with E-state index in [1.165, 1.54) is 44.1 Å². The first-order valence-corrected chi connectivity index (χ1v) is 8.88. The lowest BCUT2D eigenvalue weighted by atomic mass is 9.52. The third kappa shape index (κ3) is 1.85. The van der Waals surface area contributed by atoms with Crippen molar-refractivity contribution in [1.82, 2.24) is 0 Å². The summed E-state index contributed by atoms with van der Waals surface area (Å²) in [5.74, 6) is 2.00. The maximum Gasteiger partial charge on any atom is 0.155 e. The Labute approximate surface area is 128 Å². The first kappa shape index (κ1) is 13.8. The Morgan fingerprint density at radius 1 is 1.00 bits per heavy atom. The summed E-state index contributed by atoms with van der Waals surface area (Å²) in [7, 11) is 0. The first-order valence-electron chi connectivity index (χ1n) is 8.88. The van der Waals surface area contributed by atoms with Crippen molar-refractivity contribution < 1.29 is 4.79 Å². The van der Waals surface area contributed by atoms with Crippen LogP contribution < -0.4 is 0 Å². The van der Waals surface area contributed by atoms with E-state index in [1.54, 1.807) is 0 Å². The third-order valence-electron chi connectivity index (χ3n) is 7.37. The van der Waals surface area contributed by atoms with Gasteiger partial charge in [-0.1, -0.05) is 37.5 Å². The molecular formula is C20H28O. The molecule has 0 saturated heterocycles. The fourth-order valence-electron chi connectivity index (χ4n) is 6.04. The number of rotatable bonds is 0. The second-order valence-electron chi connectivity index (χ2n) is 8.73. The zero-order valence-corrected chi connectivity index (χ0v) is 13.8. The summed E-state index contributed by atoms with van der Waals surface area (Å²) >= 11 is 0. The normalized spacial score (nSPS) is 41.3. The summed E-state index contributed by atoms with van der Waals surface area (Å²) < 4.78 is 0. The highest BCUT2D eigenvalue weighted by molar-refractivity contribution is 5.91. The lowest BCUT2D eigenvalue weighted by Crippen LogP contribution is -2.43. The monoisotopic (exact) mass is 284 g/mol. The van der Waals surface area contributed by atoms with Gasteiger partial charge in [-0.25, -0.2) is 0 Å². The van der Waals surface area contributed by atoms with E-state index in [2.05, 4.69) is 20.8 Å². The van der Waals surface area contributed by atoms with Gasteiger partial charge < -0.3 is 0 Å². The number of carbonyl (C=O) groups is 1. The molecule has 0 unspecified atom stereocenters. The molecule has 114 valence electrons. The third-order valence-corrected chi connectivity index (χ3v) is 7.37. The van der Waals surface area contributed by atoms with Crippen LogP contribution in [0, 0.1) is 22.7 Å². The number of hydrogen-bond acceptors (Lipinski definition) is 1. The molecule has 1 saturated carbocycles. The van der Waals surface area contributed by atoms with E-state index in [9.17, 15) is 4.79 Å². The Balaban J connectivity index is 1.73. The molecule has 21 heavy (non-hydrogen) atoms. The van der Waals surface area contributed by atoms with Crippen LogP contribution in [0.1, 0.15) is 72.1 Å². The molecule has 4 rings (SSSR count). The minimum absolute atomic E-state index is 0.322. The molecule has 4 aliphatic rings. The van der Waals surface area contributed by atoms with Gasteiger partial charge in [-0.3, -0.25) is 4.79 Å². The summed E-state index contributed by atoms with van der Waals surface area (Å²) in [6, 6.07) is 0. The van der Waals surface area contributed by atoms with Crippen LogP contribution >= 0.6 is 0 Å². The highest BCUT2D eigenvalue weighted by atomic mass is 16.1. The predicted molar refractivity (Wildman–Crippen MR) is 85.9 cm³/mol. The lowest BCUT2D eigenvalue weighted by molar-refractivity contribution is -0.116. The minimum Gasteiger partial charge on any atom is -0.295 e. The summed E-state index contributed by atoms with van der Waals surface area (Å²) in [6.07, 6.45) is 11.7. The molecule has 0 aromatic rings. The number of fused-ring (bicyclic) bond motifs is 4. The number of carbonyl (C=O) groups excluding carboxylic acids is 1. The van der Waals surface area contributed by atoms with E-state index >= 15 is 0 Å². The molecule has 4 aliphatic carbocycles. The molecule has 0 bridgehead atoms. The van der Waals surface area contributed by atoms with Crippen molar-refractivity contribution in [2.45, 2.75) is 72.1 Å². The standard InChI is InChI=1S/C20H28O/c1-19(2)10-9-16-15-5-4-13-12-14(21)8-11-20(13,3)18(15)7-6-17(16)19/h12,15,18H,4-11H2,1-3H3/t15-,18-,20+/m1/s1. The van der Waals surface area contributed by atoms with Crippen LogP contribution in [0.15, 0.2) is 22.8 Å².